The molecule has 1 aliphatic rings. The Bertz CT molecular complexity index is 847. The molecule has 7 nitrogen and oxygen atoms in total. The molecule has 1 saturated heterocycles. The van der Waals surface area contributed by atoms with Crippen molar-refractivity contribution in [1.82, 2.24) is 10.2 Å². The van der Waals surface area contributed by atoms with Crippen LogP contribution in [-0.2, 0) is 20.9 Å². The summed E-state index contributed by atoms with van der Waals surface area (Å²) in [5.41, 5.74) is 1.70. The van der Waals surface area contributed by atoms with Crippen LogP contribution in [0.25, 0.3) is 0 Å². The van der Waals surface area contributed by atoms with Gasteiger partial charge in [-0.05, 0) is 11.1 Å². The van der Waals surface area contributed by atoms with Crippen LogP contribution < -0.4 is 5.32 Å². The number of aliphatic carboxylic acids is 1. The van der Waals surface area contributed by atoms with Crippen molar-refractivity contribution in [1.29, 1.82) is 0 Å². The molecule has 0 saturated carbocycles. The second-order valence-corrected chi connectivity index (χ2v) is 7.66. The lowest BCUT2D eigenvalue weighted by molar-refractivity contribution is -0.146. The van der Waals surface area contributed by atoms with Gasteiger partial charge >= 0.3 is 12.1 Å². The lowest BCUT2D eigenvalue weighted by Gasteiger charge is -2.30. The van der Waals surface area contributed by atoms with Crippen LogP contribution in [0.5, 0.6) is 0 Å². The van der Waals surface area contributed by atoms with Gasteiger partial charge in [-0.1, -0.05) is 60.7 Å². The summed E-state index contributed by atoms with van der Waals surface area (Å²) in [7, 11) is 0. The predicted molar refractivity (Wildman–Crippen MR) is 109 cm³/mol. The van der Waals surface area contributed by atoms with Gasteiger partial charge in [-0.25, -0.2) is 4.79 Å². The number of ether oxygens (including phenoxy) is 1. The molecule has 1 unspecified atom stereocenters. The Labute approximate surface area is 173 Å². The molecule has 1 aliphatic heterocycles. The second kappa shape index (κ2) is 9.97. The van der Waals surface area contributed by atoms with Gasteiger partial charge in [0.15, 0.2) is 0 Å². The van der Waals surface area contributed by atoms with Gasteiger partial charge in [0.2, 0.25) is 5.91 Å². The third kappa shape index (κ3) is 5.74. The number of hydrogen-bond donors (Lipinski definition) is 2. The number of alkyl carbamates (subject to hydrolysis) is 1. The zero-order valence-electron chi connectivity index (χ0n) is 15.7. The minimum Gasteiger partial charge on any atom is -0.480 e. The molecule has 0 radical (unpaired) electrons. The number of carbonyl (C=O) groups is 3. The molecule has 8 heteroatoms. The average molecular weight is 414 g/mol. The van der Waals surface area contributed by atoms with Gasteiger partial charge < -0.3 is 20.1 Å². The van der Waals surface area contributed by atoms with E-state index in [0.29, 0.717) is 11.5 Å². The van der Waals surface area contributed by atoms with Crippen molar-refractivity contribution in [2.24, 2.45) is 0 Å². The zero-order valence-corrected chi connectivity index (χ0v) is 16.5. The molecule has 152 valence electrons. The van der Waals surface area contributed by atoms with Crippen molar-refractivity contribution in [2.75, 3.05) is 18.1 Å². The fourth-order valence-electron chi connectivity index (χ4n) is 3.11. The van der Waals surface area contributed by atoms with Crippen molar-refractivity contribution < 1.29 is 24.2 Å². The van der Waals surface area contributed by atoms with Gasteiger partial charge in [0.25, 0.3) is 0 Å². The predicted octanol–water partition coefficient (Wildman–Crippen LogP) is 2.68. The molecule has 2 N–H and O–H groups in total. The van der Waals surface area contributed by atoms with Gasteiger partial charge in [0.1, 0.15) is 19.2 Å². The Hall–Kier alpha value is -3.00. The summed E-state index contributed by atoms with van der Waals surface area (Å²) >= 11 is 1.49. The minimum absolute atomic E-state index is 0.0895. The maximum absolute atomic E-state index is 13.1. The summed E-state index contributed by atoms with van der Waals surface area (Å²) in [4.78, 5) is 37.9. The van der Waals surface area contributed by atoms with Gasteiger partial charge in [-0.2, -0.15) is 11.8 Å². The standard InChI is InChI=1S/C21H22N2O5S/c24-19(25)11-23-18(16-9-5-2-6-10-16)14-29-13-17(20(23)26)22-21(27)28-12-15-7-3-1-4-8-15/h1-10,17-18H,11-14H2,(H,22,27)(H,24,25)/t17?,18-/m0/s1. The molecule has 0 spiro atoms. The summed E-state index contributed by atoms with van der Waals surface area (Å²) in [6.45, 7) is -0.345. The molecule has 0 bridgehead atoms. The Morgan fingerprint density at radius 3 is 2.38 bits per heavy atom. The van der Waals surface area contributed by atoms with Crippen LogP contribution in [-0.4, -0.2) is 52.1 Å². The molecule has 2 aromatic carbocycles. The molecule has 3 rings (SSSR count). The largest absolute Gasteiger partial charge is 0.480 e. The number of carboxylic acid groups (broad SMARTS) is 1. The van der Waals surface area contributed by atoms with Crippen LogP contribution in [0.4, 0.5) is 4.79 Å². The minimum atomic E-state index is -1.10. The fourth-order valence-corrected chi connectivity index (χ4v) is 4.30. The molecular formula is C21H22N2O5S. The third-order valence-electron chi connectivity index (χ3n) is 4.51. The topological polar surface area (TPSA) is 95.9 Å². The van der Waals surface area contributed by atoms with Gasteiger partial charge in [-0.3, -0.25) is 9.59 Å². The second-order valence-electron chi connectivity index (χ2n) is 6.58. The molecule has 2 atom stereocenters. The van der Waals surface area contributed by atoms with Crippen LogP contribution in [0.2, 0.25) is 0 Å². The molecule has 29 heavy (non-hydrogen) atoms. The van der Waals surface area contributed by atoms with E-state index in [1.807, 2.05) is 60.7 Å². The first kappa shape index (κ1) is 20.7. The quantitative estimate of drug-likeness (QED) is 0.755. The van der Waals surface area contributed by atoms with E-state index < -0.39 is 30.6 Å². The number of benzene rings is 2. The number of thioether (sulfide) groups is 1. The van der Waals surface area contributed by atoms with Gasteiger partial charge in [-0.15, -0.1) is 0 Å². The highest BCUT2D eigenvalue weighted by Crippen LogP contribution is 2.29. The summed E-state index contributed by atoms with van der Waals surface area (Å²) < 4.78 is 5.20. The molecule has 0 aromatic heterocycles. The number of amides is 2. The summed E-state index contributed by atoms with van der Waals surface area (Å²) in [5, 5.41) is 11.9. The van der Waals surface area contributed by atoms with Crippen molar-refractivity contribution in [3.05, 3.63) is 71.8 Å². The van der Waals surface area contributed by atoms with Crippen LogP contribution in [0.3, 0.4) is 0 Å². The number of nitrogens with zero attached hydrogens (tertiary/aromatic N) is 1. The van der Waals surface area contributed by atoms with Crippen LogP contribution >= 0.6 is 11.8 Å². The van der Waals surface area contributed by atoms with Crippen LogP contribution in [0, 0.1) is 0 Å². The molecular weight excluding hydrogens is 392 g/mol. The smallest absolute Gasteiger partial charge is 0.408 e. The summed E-state index contributed by atoms with van der Waals surface area (Å²) in [6.07, 6.45) is -0.707. The van der Waals surface area contributed by atoms with E-state index in [1.165, 1.54) is 16.7 Å². The number of carbonyl (C=O) groups excluding carboxylic acids is 2. The normalized spacial score (nSPS) is 19.3. The number of hydrogen-bond acceptors (Lipinski definition) is 5. The first-order valence-electron chi connectivity index (χ1n) is 9.17. The monoisotopic (exact) mass is 414 g/mol. The lowest BCUT2D eigenvalue weighted by Crippen LogP contribution is -2.51. The molecule has 1 fully saturated rings. The van der Waals surface area contributed by atoms with Gasteiger partial charge in [0, 0.05) is 11.5 Å². The maximum Gasteiger partial charge on any atom is 0.408 e. The zero-order chi connectivity index (χ0) is 20.6. The van der Waals surface area contributed by atoms with E-state index in [0.717, 1.165) is 11.1 Å². The highest BCUT2D eigenvalue weighted by molar-refractivity contribution is 7.99. The highest BCUT2D eigenvalue weighted by atomic mass is 32.2. The first-order chi connectivity index (χ1) is 14.0. The van der Waals surface area contributed by atoms with Gasteiger partial charge in [0.05, 0.1) is 6.04 Å². The van der Waals surface area contributed by atoms with E-state index in [2.05, 4.69) is 5.32 Å². The number of nitrogens with one attached hydrogen (secondary N) is 1. The summed E-state index contributed by atoms with van der Waals surface area (Å²) in [5.74, 6) is -0.640. The van der Waals surface area contributed by atoms with E-state index in [1.54, 1.807) is 0 Å². The SMILES string of the molecule is O=C(O)CN1C(=O)C(NC(=O)OCc2ccccc2)CSC[C@H]1c1ccccc1. The van der Waals surface area contributed by atoms with Crippen molar-refractivity contribution in [3.63, 3.8) is 0 Å². The number of rotatable bonds is 6. The van der Waals surface area contributed by atoms with E-state index in [9.17, 15) is 19.5 Å². The van der Waals surface area contributed by atoms with E-state index >= 15 is 0 Å². The molecule has 0 aliphatic carbocycles. The number of carboxylic acids is 1. The molecule has 2 amide bonds. The van der Waals surface area contributed by atoms with Crippen LogP contribution in [0.1, 0.15) is 17.2 Å². The Morgan fingerprint density at radius 2 is 1.72 bits per heavy atom. The summed E-state index contributed by atoms with van der Waals surface area (Å²) in [6, 6.07) is 17.3. The Balaban J connectivity index is 1.69. The van der Waals surface area contributed by atoms with Crippen molar-refractivity contribution in [3.8, 4) is 0 Å². The fraction of sp³-hybridized carbons (Fsp3) is 0.286. The lowest BCUT2D eigenvalue weighted by atomic mass is 10.1. The molecule has 1 heterocycles. The first-order valence-corrected chi connectivity index (χ1v) is 10.3. The highest BCUT2D eigenvalue weighted by Gasteiger charge is 2.36. The average Bonchev–Trinajstić information content (AvgIpc) is 2.87. The van der Waals surface area contributed by atoms with Crippen molar-refractivity contribution in [2.45, 2.75) is 18.7 Å². The van der Waals surface area contributed by atoms with Crippen LogP contribution in [0.15, 0.2) is 60.7 Å². The van der Waals surface area contributed by atoms with Crippen molar-refractivity contribution >= 4 is 29.7 Å². The third-order valence-corrected chi connectivity index (χ3v) is 5.63. The maximum atomic E-state index is 13.1. The Morgan fingerprint density at radius 1 is 1.07 bits per heavy atom. The van der Waals surface area contributed by atoms with E-state index in [4.69, 9.17) is 4.74 Å². The molecule has 2 aromatic rings. The Kier molecular flexibility index (Phi) is 7.13. The van der Waals surface area contributed by atoms with E-state index in [-0.39, 0.29) is 12.6 Å².